The third-order valence-electron chi connectivity index (χ3n) is 3.61. The molecule has 1 heterocycles. The van der Waals surface area contributed by atoms with Crippen LogP contribution in [0.5, 0.6) is 0 Å². The number of aliphatic hydroxyl groups is 1. The van der Waals surface area contributed by atoms with Crippen molar-refractivity contribution < 1.29 is 14.3 Å². The first-order valence-corrected chi connectivity index (χ1v) is 9.05. The number of aromatic nitrogens is 1. The number of carbonyl (C=O) groups excluding carboxylic acids is 1. The van der Waals surface area contributed by atoms with E-state index in [1.54, 1.807) is 11.8 Å². The second-order valence-corrected chi connectivity index (χ2v) is 7.54. The van der Waals surface area contributed by atoms with E-state index in [-0.39, 0.29) is 12.0 Å². The summed E-state index contributed by atoms with van der Waals surface area (Å²) >= 11 is 1.60. The molecule has 6 heteroatoms. The molecule has 1 aromatic carbocycles. The lowest BCUT2D eigenvalue weighted by Gasteiger charge is -2.18. The third kappa shape index (κ3) is 4.72. The van der Waals surface area contributed by atoms with Crippen molar-refractivity contribution >= 4 is 28.8 Å². The van der Waals surface area contributed by atoms with Gasteiger partial charge in [-0.2, -0.15) is 11.8 Å². The molecular weight excluding hydrogens is 312 g/mol. The van der Waals surface area contributed by atoms with E-state index >= 15 is 0 Å². The molecule has 1 unspecified atom stereocenters. The van der Waals surface area contributed by atoms with Crippen LogP contribution in [0.15, 0.2) is 22.6 Å². The number of aliphatic hydroxyl groups excluding tert-OH is 1. The van der Waals surface area contributed by atoms with Gasteiger partial charge >= 0.3 is 0 Å². The molecule has 1 atom stereocenters. The molecule has 1 amide bonds. The summed E-state index contributed by atoms with van der Waals surface area (Å²) in [5.74, 6) is 0.792. The maximum Gasteiger partial charge on any atom is 0.249 e. The minimum Gasteiger partial charge on any atom is -0.439 e. The number of thioether (sulfide) groups is 1. The second kappa shape index (κ2) is 7.36. The highest BCUT2D eigenvalue weighted by Gasteiger charge is 2.17. The first-order valence-electron chi connectivity index (χ1n) is 7.66. The third-order valence-corrected chi connectivity index (χ3v) is 4.25. The Balaban J connectivity index is 2.02. The van der Waals surface area contributed by atoms with Gasteiger partial charge in [0.05, 0.1) is 6.54 Å². The highest BCUT2D eigenvalue weighted by Crippen LogP contribution is 2.26. The lowest BCUT2D eigenvalue weighted by atomic mass is 9.87. The minimum atomic E-state index is -0.987. The lowest BCUT2D eigenvalue weighted by molar-refractivity contribution is -0.129. The first kappa shape index (κ1) is 17.8. The fourth-order valence-electron chi connectivity index (χ4n) is 2.16. The van der Waals surface area contributed by atoms with Crippen LogP contribution >= 0.6 is 11.8 Å². The topological polar surface area (TPSA) is 75.4 Å². The van der Waals surface area contributed by atoms with Gasteiger partial charge in [0.15, 0.2) is 5.58 Å². The monoisotopic (exact) mass is 336 g/mol. The van der Waals surface area contributed by atoms with Gasteiger partial charge in [0.1, 0.15) is 11.6 Å². The van der Waals surface area contributed by atoms with E-state index in [0.29, 0.717) is 17.9 Å². The van der Waals surface area contributed by atoms with E-state index in [1.165, 1.54) is 5.56 Å². The van der Waals surface area contributed by atoms with Gasteiger partial charge in [0, 0.05) is 0 Å². The number of nitrogens with zero attached hydrogens (tertiary/aromatic N) is 1. The van der Waals surface area contributed by atoms with Crippen molar-refractivity contribution in [1.82, 2.24) is 10.3 Å². The zero-order valence-corrected chi connectivity index (χ0v) is 14.9. The van der Waals surface area contributed by atoms with Crippen LogP contribution in [0.2, 0.25) is 0 Å². The Morgan fingerprint density at radius 3 is 2.83 bits per heavy atom. The predicted molar refractivity (Wildman–Crippen MR) is 93.6 cm³/mol. The number of carbonyl (C=O) groups is 1. The molecule has 5 nitrogen and oxygen atoms in total. The lowest BCUT2D eigenvalue weighted by Crippen LogP contribution is -2.34. The Morgan fingerprint density at radius 1 is 1.43 bits per heavy atom. The van der Waals surface area contributed by atoms with Crippen molar-refractivity contribution in [3.8, 4) is 0 Å². The summed E-state index contributed by atoms with van der Waals surface area (Å²) in [5.41, 5.74) is 2.71. The van der Waals surface area contributed by atoms with Gasteiger partial charge in [-0.05, 0) is 41.5 Å². The Bertz CT molecular complexity index is 676. The molecule has 0 aliphatic rings. The van der Waals surface area contributed by atoms with Gasteiger partial charge in [-0.3, -0.25) is 4.79 Å². The van der Waals surface area contributed by atoms with E-state index in [9.17, 15) is 9.90 Å². The van der Waals surface area contributed by atoms with Crippen LogP contribution in [0.4, 0.5) is 0 Å². The van der Waals surface area contributed by atoms with Crippen molar-refractivity contribution in [3.05, 3.63) is 29.7 Å². The van der Waals surface area contributed by atoms with Crippen LogP contribution in [0.3, 0.4) is 0 Å². The van der Waals surface area contributed by atoms with Crippen molar-refractivity contribution in [2.24, 2.45) is 0 Å². The zero-order chi connectivity index (χ0) is 17.0. The number of hydrogen-bond acceptors (Lipinski definition) is 5. The molecule has 126 valence electrons. The van der Waals surface area contributed by atoms with Gasteiger partial charge in [0.2, 0.25) is 11.8 Å². The number of benzene rings is 1. The number of hydrogen-bond donors (Lipinski definition) is 2. The molecule has 0 radical (unpaired) electrons. The van der Waals surface area contributed by atoms with E-state index in [2.05, 4.69) is 31.1 Å². The van der Waals surface area contributed by atoms with Crippen molar-refractivity contribution in [2.75, 3.05) is 12.0 Å². The smallest absolute Gasteiger partial charge is 0.249 e. The standard InChI is InChI=1S/C17H24N2O3S/c1-17(2,3)11-5-6-14-12(9-11)19-15(22-14)10-18-16(21)13(20)7-8-23-4/h5-6,9,13,20H,7-8,10H2,1-4H3,(H,18,21). The summed E-state index contributed by atoms with van der Waals surface area (Å²) in [6.07, 6.45) is 1.39. The number of rotatable bonds is 6. The molecule has 2 N–H and O–H groups in total. The highest BCUT2D eigenvalue weighted by atomic mass is 32.2. The number of fused-ring (bicyclic) bond motifs is 1. The molecule has 23 heavy (non-hydrogen) atoms. The molecule has 2 aromatic rings. The predicted octanol–water partition coefficient (Wildman–Crippen LogP) is 2.86. The first-order chi connectivity index (χ1) is 10.8. The van der Waals surface area contributed by atoms with Gasteiger partial charge < -0.3 is 14.8 Å². The van der Waals surface area contributed by atoms with Gasteiger partial charge in [-0.15, -0.1) is 0 Å². The average Bonchev–Trinajstić information content (AvgIpc) is 2.91. The van der Waals surface area contributed by atoms with Crippen LogP contribution in [0.1, 0.15) is 38.6 Å². The van der Waals surface area contributed by atoms with Gasteiger partial charge in [-0.1, -0.05) is 26.8 Å². The van der Waals surface area contributed by atoms with Crippen molar-refractivity contribution in [1.29, 1.82) is 0 Å². The summed E-state index contributed by atoms with van der Waals surface area (Å²) < 4.78 is 5.64. The molecule has 0 fully saturated rings. The van der Waals surface area contributed by atoms with Crippen LogP contribution in [-0.4, -0.2) is 34.1 Å². The summed E-state index contributed by atoms with van der Waals surface area (Å²) in [7, 11) is 0. The molecule has 1 aromatic heterocycles. The van der Waals surface area contributed by atoms with Crippen LogP contribution in [0, 0.1) is 0 Å². The quantitative estimate of drug-likeness (QED) is 0.848. The number of oxazole rings is 1. The van der Waals surface area contributed by atoms with E-state index in [0.717, 1.165) is 11.3 Å². The fourth-order valence-corrected chi connectivity index (χ4v) is 2.62. The molecular formula is C17H24N2O3S. The zero-order valence-electron chi connectivity index (χ0n) is 14.0. The summed E-state index contributed by atoms with van der Waals surface area (Å²) in [6, 6.07) is 5.95. The van der Waals surface area contributed by atoms with E-state index < -0.39 is 12.0 Å². The molecule has 0 aliphatic carbocycles. The molecule has 0 saturated carbocycles. The Labute approximate surface area is 140 Å². The van der Waals surface area contributed by atoms with Gasteiger partial charge in [-0.25, -0.2) is 4.98 Å². The number of nitrogens with one attached hydrogen (secondary N) is 1. The molecule has 0 aliphatic heterocycles. The maximum atomic E-state index is 11.8. The van der Waals surface area contributed by atoms with Crippen LogP contribution < -0.4 is 5.32 Å². The summed E-state index contributed by atoms with van der Waals surface area (Å²) in [5, 5.41) is 12.4. The Morgan fingerprint density at radius 2 is 2.17 bits per heavy atom. The SMILES string of the molecule is CSCCC(O)C(=O)NCc1nc2cc(C(C)(C)C)ccc2o1. The van der Waals surface area contributed by atoms with E-state index in [4.69, 9.17) is 4.42 Å². The molecule has 0 saturated heterocycles. The second-order valence-electron chi connectivity index (χ2n) is 6.56. The van der Waals surface area contributed by atoms with Crippen LogP contribution in [0.25, 0.3) is 11.1 Å². The molecule has 2 rings (SSSR count). The van der Waals surface area contributed by atoms with Crippen LogP contribution in [-0.2, 0) is 16.8 Å². The fraction of sp³-hybridized carbons (Fsp3) is 0.529. The number of amides is 1. The van der Waals surface area contributed by atoms with Gasteiger partial charge in [0.25, 0.3) is 0 Å². The average molecular weight is 336 g/mol. The summed E-state index contributed by atoms with van der Waals surface area (Å²) in [4.78, 5) is 16.2. The normalized spacial score (nSPS) is 13.3. The highest BCUT2D eigenvalue weighted by molar-refractivity contribution is 7.98. The van der Waals surface area contributed by atoms with Crippen molar-refractivity contribution in [2.45, 2.75) is 45.3 Å². The maximum absolute atomic E-state index is 11.8. The minimum absolute atomic E-state index is 0.0446. The van der Waals surface area contributed by atoms with Crippen molar-refractivity contribution in [3.63, 3.8) is 0 Å². The molecule has 0 bridgehead atoms. The summed E-state index contributed by atoms with van der Waals surface area (Å²) in [6.45, 7) is 6.61. The Kier molecular flexibility index (Phi) is 5.70. The Hall–Kier alpha value is -1.53. The van der Waals surface area contributed by atoms with E-state index in [1.807, 2.05) is 24.5 Å². The largest absolute Gasteiger partial charge is 0.439 e. The molecule has 0 spiro atoms.